The van der Waals surface area contributed by atoms with Crippen molar-refractivity contribution in [3.05, 3.63) is 34.3 Å². The van der Waals surface area contributed by atoms with Crippen molar-refractivity contribution in [3.8, 4) is 0 Å². The number of hydrogen-bond acceptors (Lipinski definition) is 3. The maximum atomic E-state index is 5.41. The lowest BCUT2D eigenvalue weighted by molar-refractivity contribution is 0.315. The lowest BCUT2D eigenvalue weighted by Crippen LogP contribution is -2.10. The van der Waals surface area contributed by atoms with Crippen LogP contribution in [0.4, 0.5) is 0 Å². The molecule has 1 aliphatic heterocycles. The highest BCUT2D eigenvalue weighted by Gasteiger charge is 2.17. The molecule has 1 unspecified atom stereocenters. The molecule has 0 aromatic heterocycles. The van der Waals surface area contributed by atoms with Gasteiger partial charge in [0.2, 0.25) is 0 Å². The van der Waals surface area contributed by atoms with Crippen LogP contribution < -0.4 is 5.73 Å². The fourth-order valence-electron chi connectivity index (χ4n) is 1.25. The SMILES string of the molecule is NC1=NC(c2ccc(Br)cc2)CO1. The number of nitrogens with two attached hydrogens (primary N) is 1. The van der Waals surface area contributed by atoms with E-state index in [1.54, 1.807) is 0 Å². The van der Waals surface area contributed by atoms with Crippen LogP contribution in [0, 0.1) is 0 Å². The summed E-state index contributed by atoms with van der Waals surface area (Å²) in [6.07, 6.45) is 0. The van der Waals surface area contributed by atoms with E-state index in [1.165, 1.54) is 0 Å². The average Bonchev–Trinajstić information content (AvgIpc) is 2.53. The van der Waals surface area contributed by atoms with Crippen molar-refractivity contribution in [2.24, 2.45) is 10.7 Å². The zero-order valence-electron chi connectivity index (χ0n) is 6.90. The molecule has 3 nitrogen and oxygen atoms in total. The second-order valence-corrected chi connectivity index (χ2v) is 3.76. The summed E-state index contributed by atoms with van der Waals surface area (Å²) in [5, 5.41) is 0. The lowest BCUT2D eigenvalue weighted by atomic mass is 10.1. The van der Waals surface area contributed by atoms with Gasteiger partial charge in [-0.1, -0.05) is 28.1 Å². The van der Waals surface area contributed by atoms with Crippen LogP contribution in [0.3, 0.4) is 0 Å². The van der Waals surface area contributed by atoms with E-state index in [4.69, 9.17) is 10.5 Å². The van der Waals surface area contributed by atoms with Gasteiger partial charge in [0, 0.05) is 4.47 Å². The first kappa shape index (κ1) is 8.56. The molecule has 0 saturated carbocycles. The van der Waals surface area contributed by atoms with Crippen molar-refractivity contribution in [2.45, 2.75) is 6.04 Å². The third-order valence-corrected chi connectivity index (χ3v) is 2.46. The van der Waals surface area contributed by atoms with Crippen molar-refractivity contribution in [2.75, 3.05) is 6.61 Å². The Morgan fingerprint density at radius 3 is 2.62 bits per heavy atom. The molecular formula is C9H9BrN2O. The Balaban J connectivity index is 2.22. The van der Waals surface area contributed by atoms with Gasteiger partial charge < -0.3 is 10.5 Å². The molecule has 0 saturated heterocycles. The Kier molecular flexibility index (Phi) is 2.22. The molecule has 1 atom stereocenters. The van der Waals surface area contributed by atoms with Gasteiger partial charge in [0.25, 0.3) is 6.02 Å². The Bertz CT molecular complexity index is 334. The minimum absolute atomic E-state index is 0.0631. The van der Waals surface area contributed by atoms with Crippen LogP contribution in [0.5, 0.6) is 0 Å². The van der Waals surface area contributed by atoms with Crippen molar-refractivity contribution < 1.29 is 4.74 Å². The minimum atomic E-state index is 0.0631. The van der Waals surface area contributed by atoms with Gasteiger partial charge >= 0.3 is 0 Å². The monoisotopic (exact) mass is 240 g/mol. The van der Waals surface area contributed by atoms with Gasteiger partial charge in [0.15, 0.2) is 0 Å². The second kappa shape index (κ2) is 3.38. The summed E-state index contributed by atoms with van der Waals surface area (Å²) in [6.45, 7) is 0.549. The molecule has 68 valence electrons. The van der Waals surface area contributed by atoms with Crippen molar-refractivity contribution >= 4 is 22.0 Å². The molecule has 1 aromatic rings. The molecule has 1 aromatic carbocycles. The average molecular weight is 241 g/mol. The molecule has 0 aliphatic carbocycles. The molecule has 0 fully saturated rings. The minimum Gasteiger partial charge on any atom is -0.463 e. The number of hydrogen-bond donors (Lipinski definition) is 1. The van der Waals surface area contributed by atoms with Crippen molar-refractivity contribution in [1.29, 1.82) is 0 Å². The molecule has 2 N–H and O–H groups in total. The fraction of sp³-hybridized carbons (Fsp3) is 0.222. The quantitative estimate of drug-likeness (QED) is 0.815. The van der Waals surface area contributed by atoms with Crippen LogP contribution in [0.25, 0.3) is 0 Å². The van der Waals surface area contributed by atoms with Crippen LogP contribution in [0.2, 0.25) is 0 Å². The lowest BCUT2D eigenvalue weighted by Gasteiger charge is -2.04. The maximum Gasteiger partial charge on any atom is 0.282 e. The van der Waals surface area contributed by atoms with E-state index in [2.05, 4.69) is 20.9 Å². The first-order valence-corrected chi connectivity index (χ1v) is 4.76. The van der Waals surface area contributed by atoms with Gasteiger partial charge in [-0.05, 0) is 17.7 Å². The highest BCUT2D eigenvalue weighted by Crippen LogP contribution is 2.23. The number of ether oxygens (including phenoxy) is 1. The third-order valence-electron chi connectivity index (χ3n) is 1.93. The molecule has 0 amide bonds. The summed E-state index contributed by atoms with van der Waals surface area (Å²) in [5.41, 5.74) is 6.54. The maximum absolute atomic E-state index is 5.41. The first-order chi connectivity index (χ1) is 6.25. The number of aliphatic imine (C=N–C) groups is 1. The largest absolute Gasteiger partial charge is 0.463 e. The Morgan fingerprint density at radius 2 is 2.08 bits per heavy atom. The molecule has 0 bridgehead atoms. The van der Waals surface area contributed by atoms with Crippen LogP contribution in [0.15, 0.2) is 33.7 Å². The molecular weight excluding hydrogens is 232 g/mol. The number of nitrogens with zero attached hydrogens (tertiary/aromatic N) is 1. The fourth-order valence-corrected chi connectivity index (χ4v) is 1.51. The molecule has 4 heteroatoms. The van der Waals surface area contributed by atoms with Crippen molar-refractivity contribution in [3.63, 3.8) is 0 Å². The van der Waals surface area contributed by atoms with Crippen LogP contribution in [-0.2, 0) is 4.74 Å². The number of amidine groups is 1. The number of rotatable bonds is 1. The van der Waals surface area contributed by atoms with E-state index < -0.39 is 0 Å². The van der Waals surface area contributed by atoms with Gasteiger partial charge in [-0.3, -0.25) is 0 Å². The summed E-state index contributed by atoms with van der Waals surface area (Å²) < 4.78 is 6.13. The Hall–Kier alpha value is -1.03. The highest BCUT2D eigenvalue weighted by atomic mass is 79.9. The van der Waals surface area contributed by atoms with E-state index in [0.29, 0.717) is 6.61 Å². The summed E-state index contributed by atoms with van der Waals surface area (Å²) in [6, 6.07) is 8.35. The van der Waals surface area contributed by atoms with Crippen LogP contribution in [-0.4, -0.2) is 12.6 Å². The topological polar surface area (TPSA) is 47.6 Å². The van der Waals surface area contributed by atoms with Gasteiger partial charge in [-0.2, -0.15) is 0 Å². The number of benzene rings is 1. The van der Waals surface area contributed by atoms with E-state index in [0.717, 1.165) is 10.0 Å². The van der Waals surface area contributed by atoms with Crippen LogP contribution >= 0.6 is 15.9 Å². The second-order valence-electron chi connectivity index (χ2n) is 2.85. The van der Waals surface area contributed by atoms with E-state index in [1.807, 2.05) is 24.3 Å². The highest BCUT2D eigenvalue weighted by molar-refractivity contribution is 9.10. The molecule has 0 radical (unpaired) electrons. The predicted molar refractivity (Wildman–Crippen MR) is 54.5 cm³/mol. The van der Waals surface area contributed by atoms with Gasteiger partial charge in [-0.25, -0.2) is 4.99 Å². The summed E-state index contributed by atoms with van der Waals surface area (Å²) in [4.78, 5) is 4.15. The van der Waals surface area contributed by atoms with Gasteiger partial charge in [0.1, 0.15) is 12.6 Å². The normalized spacial score (nSPS) is 21.0. The summed E-state index contributed by atoms with van der Waals surface area (Å²) in [7, 11) is 0. The third kappa shape index (κ3) is 1.83. The molecule has 13 heavy (non-hydrogen) atoms. The van der Waals surface area contributed by atoms with Gasteiger partial charge in [0.05, 0.1) is 0 Å². The molecule has 2 rings (SSSR count). The van der Waals surface area contributed by atoms with E-state index in [-0.39, 0.29) is 12.1 Å². The Morgan fingerprint density at radius 1 is 1.38 bits per heavy atom. The predicted octanol–water partition coefficient (Wildman–Crippen LogP) is 1.84. The zero-order valence-corrected chi connectivity index (χ0v) is 8.49. The number of halogens is 1. The van der Waals surface area contributed by atoms with Crippen molar-refractivity contribution in [1.82, 2.24) is 0 Å². The summed E-state index contributed by atoms with van der Waals surface area (Å²) in [5.74, 6) is 0. The standard InChI is InChI=1S/C9H9BrN2O/c10-7-3-1-6(2-4-7)8-5-13-9(11)12-8/h1-4,8H,5H2,(H2,11,12). The molecule has 0 spiro atoms. The zero-order chi connectivity index (χ0) is 9.26. The summed E-state index contributed by atoms with van der Waals surface area (Å²) >= 11 is 3.37. The molecule has 1 heterocycles. The van der Waals surface area contributed by atoms with E-state index >= 15 is 0 Å². The van der Waals surface area contributed by atoms with Gasteiger partial charge in [-0.15, -0.1) is 0 Å². The van der Waals surface area contributed by atoms with Crippen LogP contribution in [0.1, 0.15) is 11.6 Å². The smallest absolute Gasteiger partial charge is 0.282 e. The van der Waals surface area contributed by atoms with E-state index in [9.17, 15) is 0 Å². The first-order valence-electron chi connectivity index (χ1n) is 3.97. The molecule has 1 aliphatic rings. The Labute approximate surface area is 84.7 Å².